The van der Waals surface area contributed by atoms with Gasteiger partial charge in [-0.25, -0.2) is 4.39 Å². The SMILES string of the molecule is CNC(C(=O)Nc1ccc(N)c(C=N)c1)c1ccc(-c2ccccc2F)cc1. The average molecular weight is 376 g/mol. The molecule has 1 atom stereocenters. The summed E-state index contributed by atoms with van der Waals surface area (Å²) in [5.74, 6) is -0.537. The third-order valence-corrected chi connectivity index (χ3v) is 4.49. The first-order chi connectivity index (χ1) is 13.5. The summed E-state index contributed by atoms with van der Waals surface area (Å²) in [5, 5.41) is 13.2. The van der Waals surface area contributed by atoms with Crippen molar-refractivity contribution >= 4 is 23.5 Å². The number of hydrogen-bond donors (Lipinski definition) is 4. The summed E-state index contributed by atoms with van der Waals surface area (Å²) >= 11 is 0. The molecule has 1 unspecified atom stereocenters. The van der Waals surface area contributed by atoms with Crippen molar-refractivity contribution in [2.75, 3.05) is 18.1 Å². The minimum Gasteiger partial charge on any atom is -0.398 e. The molecule has 6 heteroatoms. The van der Waals surface area contributed by atoms with E-state index in [4.69, 9.17) is 11.1 Å². The number of halogens is 1. The molecule has 0 heterocycles. The number of carbonyl (C=O) groups excluding carboxylic acids is 1. The Morgan fingerprint density at radius 1 is 1.11 bits per heavy atom. The number of carbonyl (C=O) groups is 1. The minimum atomic E-state index is -0.587. The fourth-order valence-electron chi connectivity index (χ4n) is 2.99. The highest BCUT2D eigenvalue weighted by atomic mass is 19.1. The molecule has 0 radical (unpaired) electrons. The van der Waals surface area contributed by atoms with E-state index in [0.29, 0.717) is 22.5 Å². The van der Waals surface area contributed by atoms with Crippen molar-refractivity contribution in [3.63, 3.8) is 0 Å². The zero-order valence-corrected chi connectivity index (χ0v) is 15.4. The van der Waals surface area contributed by atoms with Crippen LogP contribution in [0.2, 0.25) is 0 Å². The number of anilines is 2. The molecular weight excluding hydrogens is 355 g/mol. The first-order valence-corrected chi connectivity index (χ1v) is 8.76. The predicted molar refractivity (Wildman–Crippen MR) is 111 cm³/mol. The highest BCUT2D eigenvalue weighted by Gasteiger charge is 2.19. The van der Waals surface area contributed by atoms with E-state index in [9.17, 15) is 9.18 Å². The van der Waals surface area contributed by atoms with Crippen LogP contribution in [0.15, 0.2) is 66.7 Å². The van der Waals surface area contributed by atoms with Crippen LogP contribution in [-0.4, -0.2) is 19.2 Å². The monoisotopic (exact) mass is 376 g/mol. The van der Waals surface area contributed by atoms with Gasteiger partial charge in [0.15, 0.2) is 0 Å². The van der Waals surface area contributed by atoms with Gasteiger partial charge in [-0.3, -0.25) is 4.79 Å². The van der Waals surface area contributed by atoms with Crippen LogP contribution >= 0.6 is 0 Å². The number of nitrogen functional groups attached to an aromatic ring is 1. The molecule has 142 valence electrons. The van der Waals surface area contributed by atoms with Crippen LogP contribution in [0.4, 0.5) is 15.8 Å². The fraction of sp³-hybridized carbons (Fsp3) is 0.0909. The molecule has 0 saturated heterocycles. The molecule has 3 rings (SSSR count). The van der Waals surface area contributed by atoms with E-state index in [2.05, 4.69) is 10.6 Å². The highest BCUT2D eigenvalue weighted by Crippen LogP contribution is 2.25. The number of nitrogens with one attached hydrogen (secondary N) is 3. The Labute approximate surface area is 162 Å². The van der Waals surface area contributed by atoms with Gasteiger partial charge in [0.25, 0.3) is 0 Å². The maximum absolute atomic E-state index is 14.0. The molecule has 5 N–H and O–H groups in total. The lowest BCUT2D eigenvalue weighted by Crippen LogP contribution is -2.30. The van der Waals surface area contributed by atoms with Crippen molar-refractivity contribution in [3.05, 3.63) is 83.7 Å². The molecule has 3 aromatic rings. The van der Waals surface area contributed by atoms with Gasteiger partial charge in [-0.05, 0) is 42.4 Å². The van der Waals surface area contributed by atoms with Gasteiger partial charge in [-0.15, -0.1) is 0 Å². The lowest BCUT2D eigenvalue weighted by Gasteiger charge is -2.17. The summed E-state index contributed by atoms with van der Waals surface area (Å²) in [6, 6.07) is 18.1. The summed E-state index contributed by atoms with van der Waals surface area (Å²) in [6.45, 7) is 0. The lowest BCUT2D eigenvalue weighted by atomic mass is 10.00. The number of nitrogens with two attached hydrogens (primary N) is 1. The Bertz CT molecular complexity index is 1000. The molecule has 0 fully saturated rings. The van der Waals surface area contributed by atoms with Gasteiger partial charge in [0.1, 0.15) is 11.9 Å². The molecule has 1 amide bonds. The lowest BCUT2D eigenvalue weighted by molar-refractivity contribution is -0.118. The summed E-state index contributed by atoms with van der Waals surface area (Å²) < 4.78 is 14.0. The van der Waals surface area contributed by atoms with Crippen molar-refractivity contribution in [1.29, 1.82) is 5.41 Å². The molecule has 28 heavy (non-hydrogen) atoms. The third-order valence-electron chi connectivity index (χ3n) is 4.49. The molecule has 0 spiro atoms. The van der Waals surface area contributed by atoms with Crippen molar-refractivity contribution in [2.24, 2.45) is 0 Å². The summed E-state index contributed by atoms with van der Waals surface area (Å²) in [5.41, 5.74) is 9.35. The zero-order chi connectivity index (χ0) is 20.1. The Balaban J connectivity index is 1.80. The van der Waals surface area contributed by atoms with E-state index in [1.165, 1.54) is 6.07 Å². The second-order valence-electron chi connectivity index (χ2n) is 6.30. The van der Waals surface area contributed by atoms with E-state index in [1.807, 2.05) is 0 Å². The topological polar surface area (TPSA) is 91.0 Å². The van der Waals surface area contributed by atoms with Crippen molar-refractivity contribution in [2.45, 2.75) is 6.04 Å². The minimum absolute atomic E-state index is 0.248. The zero-order valence-electron chi connectivity index (χ0n) is 15.4. The van der Waals surface area contributed by atoms with Gasteiger partial charge in [-0.1, -0.05) is 42.5 Å². The standard InChI is InChI=1S/C22H21FN4O/c1-26-21(22(28)27-17-10-11-20(25)16(12-17)13-24)15-8-6-14(7-9-15)18-4-2-3-5-19(18)23/h2-13,21,24,26H,25H2,1H3,(H,27,28). The first kappa shape index (κ1) is 19.3. The van der Waals surface area contributed by atoms with Crippen LogP contribution in [0, 0.1) is 11.2 Å². The van der Waals surface area contributed by atoms with Crippen LogP contribution in [0.5, 0.6) is 0 Å². The van der Waals surface area contributed by atoms with E-state index < -0.39 is 6.04 Å². The van der Waals surface area contributed by atoms with E-state index >= 15 is 0 Å². The van der Waals surface area contributed by atoms with E-state index in [1.54, 1.807) is 67.7 Å². The smallest absolute Gasteiger partial charge is 0.246 e. The number of hydrogen-bond acceptors (Lipinski definition) is 4. The van der Waals surface area contributed by atoms with Crippen LogP contribution in [0.1, 0.15) is 17.2 Å². The third kappa shape index (κ3) is 4.07. The van der Waals surface area contributed by atoms with Gasteiger partial charge >= 0.3 is 0 Å². The quantitative estimate of drug-likeness (QED) is 0.387. The van der Waals surface area contributed by atoms with Crippen LogP contribution in [-0.2, 0) is 4.79 Å². The Morgan fingerprint density at radius 3 is 2.46 bits per heavy atom. The highest BCUT2D eigenvalue weighted by molar-refractivity contribution is 5.97. The second kappa shape index (κ2) is 8.45. The van der Waals surface area contributed by atoms with Crippen molar-refractivity contribution in [1.82, 2.24) is 5.32 Å². The fourth-order valence-corrected chi connectivity index (χ4v) is 2.99. The normalized spacial score (nSPS) is 11.6. The number of amides is 1. The average Bonchev–Trinajstić information content (AvgIpc) is 2.71. The van der Waals surface area contributed by atoms with Gasteiger partial charge < -0.3 is 21.8 Å². The number of rotatable bonds is 6. The molecule has 0 aliphatic carbocycles. The molecule has 5 nitrogen and oxygen atoms in total. The molecule has 0 aliphatic rings. The van der Waals surface area contributed by atoms with Gasteiger partial charge in [0.2, 0.25) is 5.91 Å². The van der Waals surface area contributed by atoms with Gasteiger partial charge in [0.05, 0.1) is 0 Å². The van der Waals surface area contributed by atoms with Crippen LogP contribution < -0.4 is 16.4 Å². The largest absolute Gasteiger partial charge is 0.398 e. The Kier molecular flexibility index (Phi) is 5.81. The molecule has 0 aromatic heterocycles. The molecule has 3 aromatic carbocycles. The van der Waals surface area contributed by atoms with Gasteiger partial charge in [0, 0.05) is 28.7 Å². The van der Waals surface area contributed by atoms with Gasteiger partial charge in [-0.2, -0.15) is 0 Å². The maximum Gasteiger partial charge on any atom is 0.246 e. The van der Waals surface area contributed by atoms with E-state index in [-0.39, 0.29) is 11.7 Å². The van der Waals surface area contributed by atoms with Crippen molar-refractivity contribution in [3.8, 4) is 11.1 Å². The number of benzene rings is 3. The summed E-state index contributed by atoms with van der Waals surface area (Å²) in [7, 11) is 1.70. The Morgan fingerprint density at radius 2 is 1.82 bits per heavy atom. The second-order valence-corrected chi connectivity index (χ2v) is 6.30. The Hall–Kier alpha value is -3.51. The predicted octanol–water partition coefficient (Wildman–Crippen LogP) is 3.97. The molecule has 0 bridgehead atoms. The molecular formula is C22H21FN4O. The number of likely N-dealkylation sites (N-methyl/N-ethyl adjacent to an activating group) is 1. The maximum atomic E-state index is 14.0. The first-order valence-electron chi connectivity index (χ1n) is 8.76. The molecule has 0 saturated carbocycles. The van der Waals surface area contributed by atoms with Crippen molar-refractivity contribution < 1.29 is 9.18 Å². The van der Waals surface area contributed by atoms with Crippen LogP contribution in [0.3, 0.4) is 0 Å². The summed E-state index contributed by atoms with van der Waals surface area (Å²) in [4.78, 5) is 12.7. The van der Waals surface area contributed by atoms with E-state index in [0.717, 1.165) is 17.3 Å². The summed E-state index contributed by atoms with van der Waals surface area (Å²) in [6.07, 6.45) is 1.14. The van der Waals surface area contributed by atoms with Crippen LogP contribution in [0.25, 0.3) is 11.1 Å². The molecule has 0 aliphatic heterocycles.